The number of aromatic nitrogens is 1. The monoisotopic (exact) mass is 319 g/mol. The third-order valence-electron chi connectivity index (χ3n) is 3.00. The van der Waals surface area contributed by atoms with Gasteiger partial charge >= 0.3 is 0 Å². The molecule has 1 aromatic carbocycles. The number of hydrogen-bond acceptors (Lipinski definition) is 4. The molecule has 0 spiro atoms. The zero-order valence-corrected chi connectivity index (χ0v) is 12.9. The number of carbonyl (C=O) groups is 1. The van der Waals surface area contributed by atoms with Crippen molar-refractivity contribution in [3.8, 4) is 0 Å². The van der Waals surface area contributed by atoms with Crippen molar-refractivity contribution in [2.24, 2.45) is 0 Å². The number of sulfonamides is 1. The van der Waals surface area contributed by atoms with Crippen molar-refractivity contribution in [3.05, 3.63) is 60.4 Å². The predicted molar refractivity (Wildman–Crippen MR) is 84.9 cm³/mol. The van der Waals surface area contributed by atoms with Crippen LogP contribution in [0.1, 0.15) is 11.5 Å². The quantitative estimate of drug-likeness (QED) is 0.841. The van der Waals surface area contributed by atoms with Gasteiger partial charge in [-0.05, 0) is 17.7 Å². The molecule has 0 aliphatic heterocycles. The van der Waals surface area contributed by atoms with E-state index in [1.54, 1.807) is 42.6 Å². The largest absolute Gasteiger partial charge is 0.324 e. The highest BCUT2D eigenvalue weighted by Crippen LogP contribution is 2.17. The average molecular weight is 319 g/mol. The fourth-order valence-corrected chi connectivity index (χ4v) is 2.42. The molecular weight excluding hydrogens is 302 g/mol. The van der Waals surface area contributed by atoms with Crippen LogP contribution in [-0.2, 0) is 14.8 Å². The molecule has 0 saturated heterocycles. The third kappa shape index (κ3) is 4.94. The van der Waals surface area contributed by atoms with Gasteiger partial charge in [0.25, 0.3) is 0 Å². The number of pyridine rings is 1. The van der Waals surface area contributed by atoms with E-state index in [0.29, 0.717) is 5.69 Å². The molecule has 0 radical (unpaired) electrons. The smallest absolute Gasteiger partial charge is 0.233 e. The molecule has 1 aromatic heterocycles. The molecule has 1 unspecified atom stereocenters. The number of benzene rings is 1. The fourth-order valence-electron chi connectivity index (χ4n) is 1.95. The Morgan fingerprint density at radius 3 is 2.50 bits per heavy atom. The zero-order chi connectivity index (χ0) is 16.0. The molecule has 2 aromatic rings. The van der Waals surface area contributed by atoms with Crippen molar-refractivity contribution >= 4 is 21.6 Å². The first-order chi connectivity index (χ1) is 10.5. The van der Waals surface area contributed by atoms with Gasteiger partial charge in [0.05, 0.1) is 24.1 Å². The normalized spacial score (nSPS) is 12.6. The Labute approximate surface area is 129 Å². The number of nitrogens with zero attached hydrogens (tertiary/aromatic N) is 1. The van der Waals surface area contributed by atoms with Gasteiger partial charge in [-0.15, -0.1) is 0 Å². The lowest BCUT2D eigenvalue weighted by molar-refractivity contribution is -0.117. The molecular formula is C15H17N3O3S. The van der Waals surface area contributed by atoms with E-state index < -0.39 is 15.9 Å². The van der Waals surface area contributed by atoms with Crippen LogP contribution in [0.4, 0.5) is 5.69 Å². The topological polar surface area (TPSA) is 88.2 Å². The summed E-state index contributed by atoms with van der Waals surface area (Å²) >= 11 is 0. The van der Waals surface area contributed by atoms with E-state index in [9.17, 15) is 13.2 Å². The highest BCUT2D eigenvalue weighted by molar-refractivity contribution is 7.88. The van der Waals surface area contributed by atoms with Crippen LogP contribution in [0.2, 0.25) is 0 Å². The van der Waals surface area contributed by atoms with Gasteiger partial charge in [0.1, 0.15) is 0 Å². The summed E-state index contributed by atoms with van der Waals surface area (Å²) in [7, 11) is -3.38. The van der Waals surface area contributed by atoms with Gasteiger partial charge in [0, 0.05) is 12.7 Å². The van der Waals surface area contributed by atoms with E-state index in [2.05, 4.69) is 15.0 Å². The average Bonchev–Trinajstić information content (AvgIpc) is 2.48. The number of nitrogens with one attached hydrogen (secondary N) is 2. The van der Waals surface area contributed by atoms with E-state index in [1.165, 1.54) is 6.20 Å². The van der Waals surface area contributed by atoms with Gasteiger partial charge in [-0.25, -0.2) is 13.1 Å². The summed E-state index contributed by atoms with van der Waals surface area (Å²) in [4.78, 5) is 16.4. The molecule has 1 atom stereocenters. The van der Waals surface area contributed by atoms with Crippen LogP contribution in [-0.4, -0.2) is 32.1 Å². The van der Waals surface area contributed by atoms with Crippen LogP contribution < -0.4 is 10.0 Å². The molecule has 0 saturated carbocycles. The molecule has 22 heavy (non-hydrogen) atoms. The fraction of sp³-hybridized carbons (Fsp3) is 0.200. The Kier molecular flexibility index (Phi) is 5.24. The van der Waals surface area contributed by atoms with Crippen LogP contribution in [0.3, 0.4) is 0 Å². The van der Waals surface area contributed by atoms with Gasteiger partial charge < -0.3 is 5.32 Å². The van der Waals surface area contributed by atoms with Gasteiger partial charge in [-0.1, -0.05) is 30.3 Å². The minimum absolute atomic E-state index is 0.00502. The SMILES string of the molecule is CS(=O)(=O)NCC(C(=O)Nc1cccnc1)c1ccccc1. The number of carbonyl (C=O) groups excluding carboxylic acids is 1. The molecule has 0 aliphatic carbocycles. The van der Waals surface area contributed by atoms with Gasteiger partial charge in [-0.2, -0.15) is 0 Å². The number of rotatable bonds is 6. The van der Waals surface area contributed by atoms with E-state index in [1.807, 2.05) is 6.07 Å². The minimum Gasteiger partial charge on any atom is -0.324 e. The molecule has 0 aliphatic rings. The van der Waals surface area contributed by atoms with Crippen molar-refractivity contribution in [2.45, 2.75) is 5.92 Å². The Balaban J connectivity index is 2.18. The van der Waals surface area contributed by atoms with Crippen molar-refractivity contribution in [1.82, 2.24) is 9.71 Å². The first kappa shape index (κ1) is 16.1. The molecule has 7 heteroatoms. The Bertz CT molecular complexity index is 718. The second-order valence-corrected chi connectivity index (χ2v) is 6.65. The Morgan fingerprint density at radius 1 is 1.18 bits per heavy atom. The highest BCUT2D eigenvalue weighted by atomic mass is 32.2. The lowest BCUT2D eigenvalue weighted by Crippen LogP contribution is -2.33. The first-order valence-electron chi connectivity index (χ1n) is 6.66. The summed E-state index contributed by atoms with van der Waals surface area (Å²) in [5.41, 5.74) is 1.30. The third-order valence-corrected chi connectivity index (χ3v) is 3.69. The molecule has 2 N–H and O–H groups in total. The van der Waals surface area contributed by atoms with Crippen molar-refractivity contribution in [3.63, 3.8) is 0 Å². The Morgan fingerprint density at radius 2 is 1.91 bits per heavy atom. The highest BCUT2D eigenvalue weighted by Gasteiger charge is 2.22. The summed E-state index contributed by atoms with van der Waals surface area (Å²) in [5.74, 6) is -0.925. The summed E-state index contributed by atoms with van der Waals surface area (Å²) in [6.45, 7) is -0.00502. The molecule has 0 fully saturated rings. The Hall–Kier alpha value is -2.25. The van der Waals surface area contributed by atoms with Crippen LogP contribution in [0.25, 0.3) is 0 Å². The molecule has 2 rings (SSSR count). The van der Waals surface area contributed by atoms with Crippen LogP contribution in [0, 0.1) is 0 Å². The molecule has 0 bridgehead atoms. The van der Waals surface area contributed by atoms with Crippen LogP contribution in [0.15, 0.2) is 54.9 Å². The number of amides is 1. The number of anilines is 1. The summed E-state index contributed by atoms with van der Waals surface area (Å²) in [6.07, 6.45) is 4.20. The molecule has 1 heterocycles. The molecule has 1 amide bonds. The van der Waals surface area contributed by atoms with E-state index in [4.69, 9.17) is 0 Å². The van der Waals surface area contributed by atoms with Crippen molar-refractivity contribution < 1.29 is 13.2 Å². The lowest BCUT2D eigenvalue weighted by atomic mass is 9.98. The van der Waals surface area contributed by atoms with Crippen LogP contribution >= 0.6 is 0 Å². The van der Waals surface area contributed by atoms with Crippen molar-refractivity contribution in [1.29, 1.82) is 0 Å². The van der Waals surface area contributed by atoms with Gasteiger partial charge in [-0.3, -0.25) is 9.78 Å². The van der Waals surface area contributed by atoms with Gasteiger partial charge in [0.15, 0.2) is 0 Å². The predicted octanol–water partition coefficient (Wildman–Crippen LogP) is 1.35. The summed E-state index contributed by atoms with van der Waals surface area (Å²) in [5, 5.41) is 2.74. The number of hydrogen-bond donors (Lipinski definition) is 2. The maximum absolute atomic E-state index is 12.5. The summed E-state index contributed by atoms with van der Waals surface area (Å²) < 4.78 is 25.0. The lowest BCUT2D eigenvalue weighted by Gasteiger charge is -2.17. The molecule has 116 valence electrons. The second-order valence-electron chi connectivity index (χ2n) is 4.81. The maximum atomic E-state index is 12.5. The second kappa shape index (κ2) is 7.15. The van der Waals surface area contributed by atoms with E-state index in [-0.39, 0.29) is 12.5 Å². The summed E-state index contributed by atoms with van der Waals surface area (Å²) in [6, 6.07) is 12.5. The van der Waals surface area contributed by atoms with Gasteiger partial charge in [0.2, 0.25) is 15.9 Å². The standard InChI is InChI=1S/C15H17N3O3S/c1-22(20,21)17-11-14(12-6-3-2-4-7-12)15(19)18-13-8-5-9-16-10-13/h2-10,14,17H,11H2,1H3,(H,18,19). The van der Waals surface area contributed by atoms with E-state index >= 15 is 0 Å². The minimum atomic E-state index is -3.38. The zero-order valence-electron chi connectivity index (χ0n) is 12.1. The maximum Gasteiger partial charge on any atom is 0.233 e. The first-order valence-corrected chi connectivity index (χ1v) is 8.55. The van der Waals surface area contributed by atoms with E-state index in [0.717, 1.165) is 11.8 Å². The van der Waals surface area contributed by atoms with Crippen molar-refractivity contribution in [2.75, 3.05) is 18.1 Å². The van der Waals surface area contributed by atoms with Crippen LogP contribution in [0.5, 0.6) is 0 Å². The molecule has 6 nitrogen and oxygen atoms in total.